The number of benzene rings is 2. The second kappa shape index (κ2) is 5.00. The van der Waals surface area contributed by atoms with Crippen molar-refractivity contribution in [1.29, 1.82) is 0 Å². The van der Waals surface area contributed by atoms with Crippen molar-refractivity contribution < 1.29 is 4.79 Å². The van der Waals surface area contributed by atoms with E-state index in [1.54, 1.807) is 0 Å². The van der Waals surface area contributed by atoms with Crippen LogP contribution in [0.25, 0.3) is 9.78 Å². The summed E-state index contributed by atoms with van der Waals surface area (Å²) < 4.78 is 2.00. The van der Waals surface area contributed by atoms with E-state index in [2.05, 4.69) is 16.4 Å². The number of amides is 1. The molecule has 1 amide bonds. The summed E-state index contributed by atoms with van der Waals surface area (Å²) in [5, 5.41) is 2.91. The van der Waals surface area contributed by atoms with Gasteiger partial charge in [0.1, 0.15) is 0 Å². The third kappa shape index (κ3) is 2.60. The van der Waals surface area contributed by atoms with Gasteiger partial charge in [0.15, 0.2) is 0 Å². The van der Waals surface area contributed by atoms with E-state index in [1.165, 1.54) is 4.26 Å². The quantitative estimate of drug-likeness (QED) is 0.739. The number of aryl methyl sites for hydroxylation is 1. The van der Waals surface area contributed by atoms with Gasteiger partial charge in [0.05, 0.1) is 0 Å². The molecule has 3 nitrogen and oxygen atoms in total. The summed E-state index contributed by atoms with van der Waals surface area (Å²) in [5.41, 5.74) is 2.73. The molecule has 3 aromatic rings. The van der Waals surface area contributed by atoms with Crippen LogP contribution in [0.5, 0.6) is 0 Å². The van der Waals surface area contributed by atoms with Crippen molar-refractivity contribution in [3.05, 3.63) is 59.7 Å². The molecule has 1 heterocycles. The number of para-hydroxylation sites is 1. The minimum atomic E-state index is -0.0860. The summed E-state index contributed by atoms with van der Waals surface area (Å²) in [5.74, 6) is -0.0860. The van der Waals surface area contributed by atoms with Gasteiger partial charge in [-0.05, 0) is 0 Å². The average Bonchev–Trinajstić information content (AvgIpc) is 2.80. The van der Waals surface area contributed by atoms with E-state index in [0.29, 0.717) is 5.56 Å². The molecule has 0 radical (unpaired) electrons. The number of nitrogens with one attached hydrogen (secondary N) is 1. The Labute approximate surface area is 117 Å². The molecule has 0 saturated carbocycles. The average molecular weight is 315 g/mol. The van der Waals surface area contributed by atoms with Crippen molar-refractivity contribution in [3.63, 3.8) is 0 Å². The normalized spacial score (nSPS) is 10.6. The molecule has 19 heavy (non-hydrogen) atoms. The Balaban J connectivity index is 1.86. The predicted molar refractivity (Wildman–Crippen MR) is 77.8 cm³/mol. The van der Waals surface area contributed by atoms with Gasteiger partial charge in [-0.25, -0.2) is 0 Å². The third-order valence-electron chi connectivity index (χ3n) is 2.79. The number of anilines is 1. The van der Waals surface area contributed by atoms with Crippen LogP contribution >= 0.6 is 0 Å². The number of carbonyl (C=O) groups is 1. The van der Waals surface area contributed by atoms with Gasteiger partial charge in [0.25, 0.3) is 0 Å². The zero-order valence-electron chi connectivity index (χ0n) is 10.4. The van der Waals surface area contributed by atoms with Crippen LogP contribution < -0.4 is 5.32 Å². The second-order valence-corrected chi connectivity index (χ2v) is 6.47. The first kappa shape index (κ1) is 12.1. The molecule has 0 bridgehead atoms. The Kier molecular flexibility index (Phi) is 3.20. The minimum absolute atomic E-state index is 0.0860. The van der Waals surface area contributed by atoms with Gasteiger partial charge in [-0.15, -0.1) is 0 Å². The first-order valence-corrected chi connectivity index (χ1v) is 7.67. The number of carbonyl (C=O) groups excluding carboxylic acids is 1. The first-order valence-electron chi connectivity index (χ1n) is 5.96. The van der Waals surface area contributed by atoms with E-state index in [-0.39, 0.29) is 20.4 Å². The van der Waals surface area contributed by atoms with Crippen LogP contribution in [0.2, 0.25) is 0 Å². The van der Waals surface area contributed by atoms with Crippen LogP contribution in [0.15, 0.2) is 48.5 Å². The summed E-state index contributed by atoms with van der Waals surface area (Å²) >= 11 is 0.0933. The predicted octanol–water partition coefficient (Wildman–Crippen LogP) is 2.85. The molecule has 0 saturated heterocycles. The Morgan fingerprint density at radius 3 is 2.79 bits per heavy atom. The summed E-state index contributed by atoms with van der Waals surface area (Å²) in [7, 11) is 0. The van der Waals surface area contributed by atoms with Gasteiger partial charge in [-0.1, -0.05) is 0 Å². The summed E-state index contributed by atoms with van der Waals surface area (Å²) in [6.45, 7) is 1.98. The number of hydrogen-bond acceptors (Lipinski definition) is 2. The van der Waals surface area contributed by atoms with Crippen LogP contribution in [0.1, 0.15) is 15.9 Å². The molecule has 0 unspecified atom stereocenters. The number of nitrogens with zero attached hydrogens (tertiary/aromatic N) is 1. The Bertz CT molecular complexity index is 715. The Hall–Kier alpha value is -1.90. The number of aromatic nitrogens is 1. The van der Waals surface area contributed by atoms with Gasteiger partial charge < -0.3 is 0 Å². The molecule has 0 aliphatic carbocycles. The zero-order valence-corrected chi connectivity index (χ0v) is 12.1. The molecule has 0 aliphatic heterocycles. The van der Waals surface area contributed by atoms with Crippen LogP contribution in [0.3, 0.4) is 0 Å². The van der Waals surface area contributed by atoms with Gasteiger partial charge in [-0.2, -0.15) is 0 Å². The molecule has 0 spiro atoms. The number of rotatable bonds is 2. The molecular formula is C15H12N2OSe. The molecule has 0 atom stereocenters. The topological polar surface area (TPSA) is 42.0 Å². The first-order chi connectivity index (χ1) is 9.22. The summed E-state index contributed by atoms with van der Waals surface area (Å²) in [6, 6.07) is 15.6. The standard InChI is InChI=1S/C15H12N2OSe/c1-10-5-4-6-11(9-10)14(18)17-15-16-12-7-2-3-8-13(12)19-15/h2-9H,1H3,(H,16,17,18). The SMILES string of the molecule is Cc1cccc(C(=O)Nc2nc3ccccc3[se]2)c1. The summed E-state index contributed by atoms with van der Waals surface area (Å²) in [6.07, 6.45) is 0. The van der Waals surface area contributed by atoms with Crippen LogP contribution in [-0.2, 0) is 0 Å². The molecule has 0 fully saturated rings. The van der Waals surface area contributed by atoms with E-state index in [9.17, 15) is 4.79 Å². The van der Waals surface area contributed by atoms with Gasteiger partial charge in [0, 0.05) is 0 Å². The monoisotopic (exact) mass is 316 g/mol. The van der Waals surface area contributed by atoms with Crippen LogP contribution in [0, 0.1) is 6.92 Å². The maximum absolute atomic E-state index is 12.1. The number of fused-ring (bicyclic) bond motifs is 1. The zero-order chi connectivity index (χ0) is 13.2. The molecule has 94 valence electrons. The number of hydrogen-bond donors (Lipinski definition) is 1. The van der Waals surface area contributed by atoms with Crippen molar-refractivity contribution in [2.24, 2.45) is 0 Å². The summed E-state index contributed by atoms with van der Waals surface area (Å²) in [4.78, 5) is 16.6. The van der Waals surface area contributed by atoms with E-state index in [4.69, 9.17) is 0 Å². The van der Waals surface area contributed by atoms with Crippen molar-refractivity contribution in [2.75, 3.05) is 5.32 Å². The second-order valence-electron chi connectivity index (χ2n) is 4.31. The molecule has 2 aromatic carbocycles. The van der Waals surface area contributed by atoms with Gasteiger partial charge in [-0.3, -0.25) is 0 Å². The Morgan fingerprint density at radius 1 is 1.16 bits per heavy atom. The molecule has 4 heteroatoms. The van der Waals surface area contributed by atoms with Crippen molar-refractivity contribution in [1.82, 2.24) is 4.98 Å². The van der Waals surface area contributed by atoms with E-state index in [0.717, 1.165) is 15.8 Å². The van der Waals surface area contributed by atoms with Gasteiger partial charge >= 0.3 is 117 Å². The van der Waals surface area contributed by atoms with Crippen molar-refractivity contribution in [2.45, 2.75) is 6.92 Å². The fourth-order valence-electron chi connectivity index (χ4n) is 1.88. The maximum atomic E-state index is 12.1. The third-order valence-corrected chi connectivity index (χ3v) is 4.79. The molecule has 1 N–H and O–H groups in total. The molecular weight excluding hydrogens is 303 g/mol. The van der Waals surface area contributed by atoms with E-state index < -0.39 is 0 Å². The van der Waals surface area contributed by atoms with Crippen molar-refractivity contribution in [3.8, 4) is 0 Å². The molecule has 1 aromatic heterocycles. The molecule has 3 rings (SSSR count). The Morgan fingerprint density at radius 2 is 2.00 bits per heavy atom. The van der Waals surface area contributed by atoms with E-state index >= 15 is 0 Å². The van der Waals surface area contributed by atoms with Crippen LogP contribution in [0.4, 0.5) is 4.69 Å². The fraction of sp³-hybridized carbons (Fsp3) is 0.0667. The van der Waals surface area contributed by atoms with Crippen LogP contribution in [-0.4, -0.2) is 25.4 Å². The van der Waals surface area contributed by atoms with E-state index in [1.807, 2.05) is 49.4 Å². The van der Waals surface area contributed by atoms with Crippen molar-refractivity contribution >= 4 is 34.9 Å². The molecule has 0 aliphatic rings. The fourth-order valence-corrected chi connectivity index (χ4v) is 3.69. The van der Waals surface area contributed by atoms with Gasteiger partial charge in [0.2, 0.25) is 0 Å².